The predicted octanol–water partition coefficient (Wildman–Crippen LogP) is -4.77. The first-order valence-electron chi connectivity index (χ1n) is 11.0. The molecule has 0 aromatic heterocycles. The number of carbonyl (C=O) groups excluding carboxylic acids is 4. The second-order valence-electron chi connectivity index (χ2n) is 8.30. The molecule has 0 bridgehead atoms. The summed E-state index contributed by atoms with van der Waals surface area (Å²) >= 11 is 0. The van der Waals surface area contributed by atoms with E-state index in [1.54, 1.807) is 13.8 Å². The Morgan fingerprint density at radius 1 is 0.667 bits per heavy atom. The lowest BCUT2D eigenvalue weighted by molar-refractivity contribution is -0.143. The van der Waals surface area contributed by atoms with Gasteiger partial charge in [-0.25, -0.2) is 4.79 Å². The fourth-order valence-electron chi connectivity index (χ4n) is 2.78. The first kappa shape index (κ1) is 32.7. The summed E-state index contributed by atoms with van der Waals surface area (Å²) in [4.78, 5) is 71.3. The summed E-state index contributed by atoms with van der Waals surface area (Å²) in [6.07, 6.45) is -0.578. The van der Waals surface area contributed by atoms with Gasteiger partial charge in [0.1, 0.15) is 24.2 Å². The fraction of sp³-hybridized carbons (Fsp3) is 0.700. The monoisotopic (exact) mass is 521 g/mol. The Hall–Kier alpha value is -3.34. The molecule has 16 nitrogen and oxygen atoms in total. The van der Waals surface area contributed by atoms with E-state index >= 15 is 0 Å². The number of carboxylic acids is 2. The number of aliphatic hydroxyl groups excluding tert-OH is 3. The topological polar surface area (TPSA) is 278 Å². The van der Waals surface area contributed by atoms with Gasteiger partial charge in [-0.3, -0.25) is 24.0 Å². The van der Waals surface area contributed by atoms with Gasteiger partial charge in [0, 0.05) is 6.42 Å². The van der Waals surface area contributed by atoms with E-state index in [0.717, 1.165) is 0 Å². The number of hydrogen-bond donors (Lipinski definition) is 10. The van der Waals surface area contributed by atoms with Gasteiger partial charge in [-0.15, -0.1) is 0 Å². The van der Waals surface area contributed by atoms with Crippen LogP contribution in [0.15, 0.2) is 0 Å². The van der Waals surface area contributed by atoms with Gasteiger partial charge < -0.3 is 52.5 Å². The highest BCUT2D eigenvalue weighted by Crippen LogP contribution is 2.06. The predicted molar refractivity (Wildman–Crippen MR) is 121 cm³/mol. The number of rotatable bonds is 17. The quantitative estimate of drug-likeness (QED) is 0.0863. The third kappa shape index (κ3) is 11.9. The number of aliphatic carboxylic acids is 2. The SMILES string of the molecule is CC(C)C[C@H](NC(=O)[C@H](CO)NC(=O)[C@@H](N)CCC(=O)O)C(=O)N[C@@H](CO)C(=O)N[C@@H](CO)C(=O)O. The molecule has 0 spiro atoms. The third-order valence-electron chi connectivity index (χ3n) is 4.77. The maximum Gasteiger partial charge on any atom is 0.328 e. The fourth-order valence-corrected chi connectivity index (χ4v) is 2.78. The van der Waals surface area contributed by atoms with Crippen LogP contribution in [-0.2, 0) is 28.8 Å². The molecule has 0 aliphatic heterocycles. The van der Waals surface area contributed by atoms with E-state index < -0.39 is 92.0 Å². The Morgan fingerprint density at radius 2 is 1.06 bits per heavy atom. The normalized spacial score (nSPS) is 15.1. The Kier molecular flexibility index (Phi) is 14.8. The molecule has 4 amide bonds. The van der Waals surface area contributed by atoms with Crippen molar-refractivity contribution in [2.24, 2.45) is 11.7 Å². The Bertz CT molecular complexity index is 792. The van der Waals surface area contributed by atoms with E-state index in [1.165, 1.54) is 0 Å². The van der Waals surface area contributed by atoms with Crippen LogP contribution in [0.1, 0.15) is 33.1 Å². The molecule has 0 aromatic carbocycles. The summed E-state index contributed by atoms with van der Waals surface area (Å²) in [5.74, 6) is -6.79. The van der Waals surface area contributed by atoms with Crippen LogP contribution in [0.25, 0.3) is 0 Å². The second kappa shape index (κ2) is 16.4. The molecule has 16 heteroatoms. The van der Waals surface area contributed by atoms with Crippen molar-refractivity contribution < 1.29 is 54.3 Å². The Balaban J connectivity index is 5.35. The molecular weight excluding hydrogens is 486 g/mol. The molecule has 11 N–H and O–H groups in total. The van der Waals surface area contributed by atoms with Crippen molar-refractivity contribution in [3.63, 3.8) is 0 Å². The lowest BCUT2D eigenvalue weighted by Crippen LogP contribution is -2.60. The van der Waals surface area contributed by atoms with Crippen molar-refractivity contribution in [2.45, 2.75) is 63.3 Å². The highest BCUT2D eigenvalue weighted by atomic mass is 16.4. The highest BCUT2D eigenvalue weighted by molar-refractivity contribution is 5.95. The first-order chi connectivity index (χ1) is 16.8. The van der Waals surface area contributed by atoms with Gasteiger partial charge in [0.25, 0.3) is 0 Å². The van der Waals surface area contributed by atoms with Gasteiger partial charge in [-0.2, -0.15) is 0 Å². The van der Waals surface area contributed by atoms with Crippen molar-refractivity contribution in [1.82, 2.24) is 21.3 Å². The average molecular weight is 522 g/mol. The summed E-state index contributed by atoms with van der Waals surface area (Å²) in [5.41, 5.74) is 5.58. The molecule has 0 aliphatic rings. The number of amides is 4. The van der Waals surface area contributed by atoms with Crippen LogP contribution >= 0.6 is 0 Å². The molecule has 0 aromatic rings. The Morgan fingerprint density at radius 3 is 1.44 bits per heavy atom. The van der Waals surface area contributed by atoms with Crippen LogP contribution in [0.2, 0.25) is 0 Å². The minimum absolute atomic E-state index is 0.0377. The smallest absolute Gasteiger partial charge is 0.328 e. The van der Waals surface area contributed by atoms with Crippen molar-refractivity contribution in [1.29, 1.82) is 0 Å². The zero-order valence-corrected chi connectivity index (χ0v) is 20.0. The number of carbonyl (C=O) groups is 6. The van der Waals surface area contributed by atoms with Gasteiger partial charge in [0.05, 0.1) is 25.9 Å². The maximum atomic E-state index is 12.8. The van der Waals surface area contributed by atoms with E-state index in [4.69, 9.17) is 21.1 Å². The van der Waals surface area contributed by atoms with E-state index in [0.29, 0.717) is 0 Å². The standard InChI is InChI=1S/C20H35N5O11/c1-9(2)5-11(17(32)24-13(7-27)19(34)25-14(8-28)20(35)36)22-18(33)12(6-26)23-16(31)10(21)3-4-15(29)30/h9-14,26-28H,3-8,21H2,1-2H3,(H,22,33)(H,23,31)(H,24,32)(H,25,34)(H,29,30)(H,35,36)/t10-,11-,12-,13-,14-/m0/s1. The van der Waals surface area contributed by atoms with Gasteiger partial charge in [-0.1, -0.05) is 13.8 Å². The zero-order valence-electron chi connectivity index (χ0n) is 20.0. The van der Waals surface area contributed by atoms with Crippen LogP contribution < -0.4 is 27.0 Å². The van der Waals surface area contributed by atoms with Gasteiger partial charge in [-0.05, 0) is 18.8 Å². The van der Waals surface area contributed by atoms with Crippen LogP contribution in [-0.4, -0.2) is 111 Å². The number of nitrogens with one attached hydrogen (secondary N) is 4. The molecule has 5 atom stereocenters. The summed E-state index contributed by atoms with van der Waals surface area (Å²) < 4.78 is 0. The molecule has 0 radical (unpaired) electrons. The van der Waals surface area contributed by atoms with Gasteiger partial charge in [0.15, 0.2) is 0 Å². The minimum Gasteiger partial charge on any atom is -0.481 e. The molecule has 0 heterocycles. The van der Waals surface area contributed by atoms with Crippen molar-refractivity contribution in [2.75, 3.05) is 19.8 Å². The third-order valence-corrected chi connectivity index (χ3v) is 4.77. The lowest BCUT2D eigenvalue weighted by Gasteiger charge is -2.26. The minimum atomic E-state index is -1.68. The molecule has 0 saturated heterocycles. The summed E-state index contributed by atoms with van der Waals surface area (Å²) in [5, 5.41) is 54.2. The number of nitrogens with two attached hydrogens (primary N) is 1. The van der Waals surface area contributed by atoms with Crippen LogP contribution in [0.3, 0.4) is 0 Å². The molecule has 36 heavy (non-hydrogen) atoms. The number of aliphatic hydroxyl groups is 3. The number of carboxylic acid groups (broad SMARTS) is 2. The molecule has 0 rings (SSSR count). The first-order valence-corrected chi connectivity index (χ1v) is 11.0. The molecule has 0 unspecified atom stereocenters. The van der Waals surface area contributed by atoms with E-state index in [-0.39, 0.29) is 18.8 Å². The molecule has 0 fully saturated rings. The molecule has 0 saturated carbocycles. The zero-order chi connectivity index (χ0) is 28.0. The van der Waals surface area contributed by atoms with E-state index in [1.807, 2.05) is 5.32 Å². The molecular formula is C20H35N5O11. The lowest BCUT2D eigenvalue weighted by atomic mass is 10.0. The van der Waals surface area contributed by atoms with Crippen LogP contribution in [0.4, 0.5) is 0 Å². The van der Waals surface area contributed by atoms with Gasteiger partial charge >= 0.3 is 11.9 Å². The molecule has 0 aliphatic carbocycles. The van der Waals surface area contributed by atoms with Crippen molar-refractivity contribution in [3.8, 4) is 0 Å². The van der Waals surface area contributed by atoms with Crippen LogP contribution in [0.5, 0.6) is 0 Å². The number of hydrogen-bond acceptors (Lipinski definition) is 10. The summed E-state index contributed by atoms with van der Waals surface area (Å²) in [6, 6.07) is -7.38. The van der Waals surface area contributed by atoms with E-state index in [9.17, 15) is 39.0 Å². The molecule has 206 valence electrons. The van der Waals surface area contributed by atoms with Crippen molar-refractivity contribution >= 4 is 35.6 Å². The van der Waals surface area contributed by atoms with Crippen molar-refractivity contribution in [3.05, 3.63) is 0 Å². The highest BCUT2D eigenvalue weighted by Gasteiger charge is 2.31. The summed E-state index contributed by atoms with van der Waals surface area (Å²) in [6.45, 7) is 0.690. The second-order valence-corrected chi connectivity index (χ2v) is 8.30. The largest absolute Gasteiger partial charge is 0.481 e. The maximum absolute atomic E-state index is 12.8. The van der Waals surface area contributed by atoms with E-state index in [2.05, 4.69) is 16.0 Å². The average Bonchev–Trinajstić information content (AvgIpc) is 2.80. The van der Waals surface area contributed by atoms with Crippen LogP contribution in [0, 0.1) is 5.92 Å². The Labute approximate surface area is 206 Å². The summed E-state index contributed by atoms with van der Waals surface area (Å²) in [7, 11) is 0. The van der Waals surface area contributed by atoms with Gasteiger partial charge in [0.2, 0.25) is 23.6 Å².